The van der Waals surface area contributed by atoms with E-state index in [1.54, 1.807) is 11.1 Å². The van der Waals surface area contributed by atoms with Crippen molar-refractivity contribution in [2.75, 3.05) is 6.54 Å². The highest BCUT2D eigenvalue weighted by Crippen LogP contribution is 2.55. The van der Waals surface area contributed by atoms with Crippen LogP contribution in [0, 0.1) is 5.41 Å². The van der Waals surface area contributed by atoms with Gasteiger partial charge in [0.25, 0.3) is 0 Å². The summed E-state index contributed by atoms with van der Waals surface area (Å²) in [6.45, 7) is 5.99. The minimum absolute atomic E-state index is 0.252. The number of piperidine rings is 1. The van der Waals surface area contributed by atoms with E-state index < -0.39 is 0 Å². The van der Waals surface area contributed by atoms with Crippen molar-refractivity contribution in [3.8, 4) is 0 Å². The Morgan fingerprint density at radius 3 is 2.94 bits per heavy atom. The highest BCUT2D eigenvalue weighted by atomic mass is 15.0. The van der Waals surface area contributed by atoms with Crippen molar-refractivity contribution in [1.29, 1.82) is 0 Å². The Kier molecular flexibility index (Phi) is 2.16. The molecule has 1 heterocycles. The number of rotatable bonds is 1. The highest BCUT2D eigenvalue weighted by molar-refractivity contribution is 5.43. The lowest BCUT2D eigenvalue weighted by atomic mass is 9.65. The van der Waals surface area contributed by atoms with Crippen molar-refractivity contribution >= 4 is 0 Å². The monoisotopic (exact) mass is 215 g/mol. The van der Waals surface area contributed by atoms with Gasteiger partial charge >= 0.3 is 0 Å². The van der Waals surface area contributed by atoms with Crippen LogP contribution in [0.25, 0.3) is 0 Å². The molecule has 2 atom stereocenters. The number of fused-ring (bicyclic) bond motifs is 3. The van der Waals surface area contributed by atoms with Crippen molar-refractivity contribution in [2.24, 2.45) is 5.41 Å². The van der Waals surface area contributed by atoms with E-state index in [0.717, 1.165) is 0 Å². The van der Waals surface area contributed by atoms with Gasteiger partial charge in [-0.3, -0.25) is 0 Å². The van der Waals surface area contributed by atoms with E-state index >= 15 is 0 Å². The molecule has 1 aromatic rings. The first-order valence-electron chi connectivity index (χ1n) is 6.55. The molecule has 3 rings (SSSR count). The van der Waals surface area contributed by atoms with Gasteiger partial charge in [0.1, 0.15) is 0 Å². The maximum Gasteiger partial charge on any atom is 0.0492 e. The smallest absolute Gasteiger partial charge is 0.0492 e. The molecule has 0 saturated carbocycles. The van der Waals surface area contributed by atoms with Gasteiger partial charge in [-0.2, -0.15) is 0 Å². The topological polar surface area (TPSA) is 12.0 Å². The summed E-state index contributed by atoms with van der Waals surface area (Å²) in [6, 6.07) is 9.03. The van der Waals surface area contributed by atoms with Crippen LogP contribution >= 0.6 is 0 Å². The lowest BCUT2D eigenvalue weighted by Crippen LogP contribution is -2.55. The molecule has 0 bridgehead atoms. The van der Waals surface area contributed by atoms with E-state index in [-0.39, 0.29) is 5.54 Å². The summed E-state index contributed by atoms with van der Waals surface area (Å²) < 4.78 is 0. The molecule has 1 aliphatic carbocycles. The lowest BCUT2D eigenvalue weighted by molar-refractivity contribution is 0.0681. The zero-order valence-electron chi connectivity index (χ0n) is 10.3. The Bertz CT molecular complexity index is 412. The van der Waals surface area contributed by atoms with Gasteiger partial charge in [-0.25, -0.2) is 0 Å². The molecular formula is C15H21N. The molecule has 86 valence electrons. The molecule has 1 aliphatic heterocycles. The molecule has 0 radical (unpaired) electrons. The Morgan fingerprint density at radius 2 is 2.12 bits per heavy atom. The molecule has 0 amide bonds. The van der Waals surface area contributed by atoms with E-state index in [1.165, 1.54) is 32.2 Å². The molecule has 0 spiro atoms. The van der Waals surface area contributed by atoms with Gasteiger partial charge in [0.05, 0.1) is 0 Å². The third-order valence-electron chi connectivity index (χ3n) is 4.95. The Balaban J connectivity index is 2.18. The van der Waals surface area contributed by atoms with Crippen LogP contribution in [0.2, 0.25) is 0 Å². The van der Waals surface area contributed by atoms with Crippen molar-refractivity contribution in [1.82, 2.24) is 5.32 Å². The third kappa shape index (κ3) is 1.10. The Hall–Kier alpha value is -0.820. The Labute approximate surface area is 98.3 Å². The summed E-state index contributed by atoms with van der Waals surface area (Å²) in [4.78, 5) is 0. The fraction of sp³-hybridized carbons (Fsp3) is 0.600. The minimum atomic E-state index is 0.252. The molecule has 0 unspecified atom stereocenters. The highest BCUT2D eigenvalue weighted by Gasteiger charge is 2.54. The van der Waals surface area contributed by atoms with E-state index in [0.29, 0.717) is 5.41 Å². The van der Waals surface area contributed by atoms with Gasteiger partial charge in [0.2, 0.25) is 0 Å². The summed E-state index contributed by atoms with van der Waals surface area (Å²) in [7, 11) is 0. The molecule has 0 aromatic heterocycles. The van der Waals surface area contributed by atoms with Crippen LogP contribution in [0.5, 0.6) is 0 Å². The minimum Gasteiger partial charge on any atom is -0.307 e. The first-order chi connectivity index (χ1) is 7.72. The van der Waals surface area contributed by atoms with Crippen LogP contribution in [0.4, 0.5) is 0 Å². The summed E-state index contributed by atoms with van der Waals surface area (Å²) in [5, 5.41) is 3.84. The molecule has 16 heavy (non-hydrogen) atoms. The standard InChI is InChI=1S/C15H21N/c1-3-15-13-8-5-4-7-12(13)11-14(15,2)9-6-10-16-15/h4-5,7-8,16H,3,6,9-11H2,1-2H3/t14-,15+/m1/s1. The van der Waals surface area contributed by atoms with Gasteiger partial charge in [-0.05, 0) is 48.8 Å². The maximum absolute atomic E-state index is 3.84. The average Bonchev–Trinajstić information content (AvgIpc) is 2.57. The van der Waals surface area contributed by atoms with Gasteiger partial charge in [0.15, 0.2) is 0 Å². The zero-order chi connectivity index (χ0) is 11.2. The molecule has 1 saturated heterocycles. The number of benzene rings is 1. The normalized spacial score (nSPS) is 36.9. The quantitative estimate of drug-likeness (QED) is 0.758. The van der Waals surface area contributed by atoms with Crippen LogP contribution in [0.3, 0.4) is 0 Å². The first kappa shape index (κ1) is 10.3. The second kappa shape index (κ2) is 3.33. The third-order valence-corrected chi connectivity index (χ3v) is 4.95. The SMILES string of the molecule is CC[C@@]12NCCC[C@]1(C)Cc1ccccc12. The first-order valence-corrected chi connectivity index (χ1v) is 6.55. The summed E-state index contributed by atoms with van der Waals surface area (Å²) in [6.07, 6.45) is 5.15. The maximum atomic E-state index is 3.84. The largest absolute Gasteiger partial charge is 0.307 e. The molecule has 1 aromatic carbocycles. The second-order valence-electron chi connectivity index (χ2n) is 5.68. The summed E-state index contributed by atoms with van der Waals surface area (Å²) >= 11 is 0. The zero-order valence-corrected chi connectivity index (χ0v) is 10.3. The number of hydrogen-bond acceptors (Lipinski definition) is 1. The molecule has 1 N–H and O–H groups in total. The van der Waals surface area contributed by atoms with Crippen LogP contribution in [-0.4, -0.2) is 6.54 Å². The fourth-order valence-electron chi connectivity index (χ4n) is 4.12. The number of hydrogen-bond donors (Lipinski definition) is 1. The van der Waals surface area contributed by atoms with E-state index in [1.807, 2.05) is 0 Å². The van der Waals surface area contributed by atoms with Crippen LogP contribution in [0.15, 0.2) is 24.3 Å². The predicted octanol–water partition coefficient (Wildman–Crippen LogP) is 3.24. The second-order valence-corrected chi connectivity index (χ2v) is 5.68. The van der Waals surface area contributed by atoms with Crippen LogP contribution in [-0.2, 0) is 12.0 Å². The van der Waals surface area contributed by atoms with E-state index in [4.69, 9.17) is 0 Å². The molecule has 1 heteroatoms. The van der Waals surface area contributed by atoms with Gasteiger partial charge < -0.3 is 5.32 Å². The summed E-state index contributed by atoms with van der Waals surface area (Å²) in [5.74, 6) is 0. The van der Waals surface area contributed by atoms with Crippen LogP contribution < -0.4 is 5.32 Å². The van der Waals surface area contributed by atoms with Crippen molar-refractivity contribution in [3.05, 3.63) is 35.4 Å². The molecule has 1 fully saturated rings. The van der Waals surface area contributed by atoms with Crippen molar-refractivity contribution in [3.63, 3.8) is 0 Å². The van der Waals surface area contributed by atoms with Gasteiger partial charge in [-0.15, -0.1) is 0 Å². The van der Waals surface area contributed by atoms with Crippen molar-refractivity contribution < 1.29 is 0 Å². The van der Waals surface area contributed by atoms with E-state index in [9.17, 15) is 0 Å². The predicted molar refractivity (Wildman–Crippen MR) is 67.5 cm³/mol. The van der Waals surface area contributed by atoms with Crippen molar-refractivity contribution in [2.45, 2.75) is 45.1 Å². The van der Waals surface area contributed by atoms with Gasteiger partial charge in [-0.1, -0.05) is 38.1 Å². The molecule has 1 nitrogen and oxygen atoms in total. The average molecular weight is 215 g/mol. The van der Waals surface area contributed by atoms with Gasteiger partial charge in [0, 0.05) is 5.54 Å². The summed E-state index contributed by atoms with van der Waals surface area (Å²) in [5.41, 5.74) is 3.83. The van der Waals surface area contributed by atoms with E-state index in [2.05, 4.69) is 43.4 Å². The lowest BCUT2D eigenvalue weighted by Gasteiger charge is -2.48. The fourth-order valence-corrected chi connectivity index (χ4v) is 4.12. The number of nitrogens with one attached hydrogen (secondary N) is 1. The molecular weight excluding hydrogens is 194 g/mol. The van der Waals surface area contributed by atoms with Crippen LogP contribution in [0.1, 0.15) is 44.2 Å². The molecule has 2 aliphatic rings. The Morgan fingerprint density at radius 1 is 1.31 bits per heavy atom.